The first-order valence-electron chi connectivity index (χ1n) is 8.74. The van der Waals surface area contributed by atoms with E-state index in [1.165, 1.54) is 11.3 Å². The molecule has 1 heterocycles. The molecule has 0 atom stereocenters. The molecular weight excluding hydrogens is 372 g/mol. The second kappa shape index (κ2) is 7.94. The number of anilines is 1. The summed E-state index contributed by atoms with van der Waals surface area (Å²) >= 11 is 3.21. The van der Waals surface area contributed by atoms with Gasteiger partial charge in [-0.15, -0.1) is 0 Å². The zero-order valence-corrected chi connectivity index (χ0v) is 16.4. The van der Waals surface area contributed by atoms with E-state index in [-0.39, 0.29) is 5.91 Å². The van der Waals surface area contributed by atoms with Gasteiger partial charge in [0.1, 0.15) is 10.7 Å². The van der Waals surface area contributed by atoms with Crippen molar-refractivity contribution in [2.24, 2.45) is 0 Å². The fourth-order valence-electron chi connectivity index (χ4n) is 2.87. The smallest absolute Gasteiger partial charge is 0.256 e. The van der Waals surface area contributed by atoms with E-state index in [1.54, 1.807) is 11.8 Å². The summed E-state index contributed by atoms with van der Waals surface area (Å²) in [7, 11) is 0. The Labute approximate surface area is 166 Å². The van der Waals surface area contributed by atoms with Crippen LogP contribution in [0.4, 0.5) is 5.00 Å². The Morgan fingerprint density at radius 2 is 1.74 bits per heavy atom. The lowest BCUT2D eigenvalue weighted by Gasteiger charge is -2.06. The number of aromatic nitrogens is 1. The van der Waals surface area contributed by atoms with Gasteiger partial charge in [-0.1, -0.05) is 90.7 Å². The maximum atomic E-state index is 12.9. The van der Waals surface area contributed by atoms with Crippen LogP contribution in [0, 0.1) is 0 Å². The molecule has 1 N–H and O–H groups in total. The van der Waals surface area contributed by atoms with Crippen LogP contribution in [-0.4, -0.2) is 16.6 Å². The Balaban J connectivity index is 1.67. The fourth-order valence-corrected chi connectivity index (χ4v) is 4.83. The molecular formula is C22H18N2OS2. The van der Waals surface area contributed by atoms with Crippen LogP contribution in [0.15, 0.2) is 77.1 Å². The molecule has 0 aliphatic rings. The molecule has 4 rings (SSSR count). The Morgan fingerprint density at radius 3 is 2.52 bits per heavy atom. The molecule has 1 amide bonds. The summed E-state index contributed by atoms with van der Waals surface area (Å²) in [6.45, 7) is 2.10. The third-order valence-corrected chi connectivity index (χ3v) is 6.16. The number of rotatable bonds is 5. The van der Waals surface area contributed by atoms with Gasteiger partial charge in [0, 0.05) is 11.1 Å². The molecule has 0 aliphatic heterocycles. The van der Waals surface area contributed by atoms with Crippen LogP contribution in [0.25, 0.3) is 22.0 Å². The first-order chi connectivity index (χ1) is 13.2. The number of amides is 1. The Morgan fingerprint density at radius 1 is 1.00 bits per heavy atom. The molecule has 3 aromatic carbocycles. The largest absolute Gasteiger partial charge is 0.312 e. The maximum Gasteiger partial charge on any atom is 0.256 e. The van der Waals surface area contributed by atoms with Gasteiger partial charge in [-0.05, 0) is 28.7 Å². The number of carbonyl (C=O) groups is 1. The Hall–Kier alpha value is -2.63. The Bertz CT molecular complexity index is 1090. The highest BCUT2D eigenvalue weighted by Gasteiger charge is 2.16. The molecule has 0 aliphatic carbocycles. The normalized spacial score (nSPS) is 10.9. The number of hydrogen-bond donors (Lipinski definition) is 1. The maximum absolute atomic E-state index is 12.9. The Kier molecular flexibility index (Phi) is 5.23. The van der Waals surface area contributed by atoms with Gasteiger partial charge in [0.2, 0.25) is 0 Å². The predicted octanol–water partition coefficient (Wildman–Crippen LogP) is 6.33. The molecule has 1 aromatic heterocycles. The van der Waals surface area contributed by atoms with E-state index >= 15 is 0 Å². The third-order valence-electron chi connectivity index (χ3n) is 4.16. The first kappa shape index (κ1) is 17.8. The molecule has 0 bridgehead atoms. The summed E-state index contributed by atoms with van der Waals surface area (Å²) in [6, 6.07) is 23.8. The van der Waals surface area contributed by atoms with Crippen LogP contribution in [0.5, 0.6) is 0 Å². The van der Waals surface area contributed by atoms with Crippen LogP contribution in [0.1, 0.15) is 17.3 Å². The third kappa shape index (κ3) is 3.89. The lowest BCUT2D eigenvalue weighted by atomic mass is 10.1. The van der Waals surface area contributed by atoms with E-state index in [9.17, 15) is 4.79 Å². The quantitative estimate of drug-likeness (QED) is 0.405. The number of fused-ring (bicyclic) bond motifs is 1. The predicted molar refractivity (Wildman–Crippen MR) is 116 cm³/mol. The van der Waals surface area contributed by atoms with Crippen molar-refractivity contribution in [2.45, 2.75) is 11.3 Å². The van der Waals surface area contributed by atoms with Crippen LogP contribution in [-0.2, 0) is 0 Å². The lowest BCUT2D eigenvalue weighted by molar-refractivity contribution is 0.102. The SMILES string of the molecule is CCSc1nc(-c2ccccc2)c(NC(=O)c2ccc3ccccc3c2)s1. The molecule has 4 aromatic rings. The van der Waals surface area contributed by atoms with Gasteiger partial charge in [0.15, 0.2) is 4.34 Å². The van der Waals surface area contributed by atoms with Crippen molar-refractivity contribution in [1.82, 2.24) is 4.98 Å². The number of thioether (sulfide) groups is 1. The summed E-state index contributed by atoms with van der Waals surface area (Å²) in [5.41, 5.74) is 2.47. The van der Waals surface area contributed by atoms with Crippen molar-refractivity contribution in [3.63, 3.8) is 0 Å². The van der Waals surface area contributed by atoms with Gasteiger partial charge in [0.25, 0.3) is 5.91 Å². The lowest BCUT2D eigenvalue weighted by Crippen LogP contribution is -2.11. The highest BCUT2D eigenvalue weighted by molar-refractivity contribution is 8.01. The van der Waals surface area contributed by atoms with E-state index in [2.05, 4.69) is 12.2 Å². The number of nitrogens with zero attached hydrogens (tertiary/aromatic N) is 1. The highest BCUT2D eigenvalue weighted by atomic mass is 32.2. The van der Waals surface area contributed by atoms with Gasteiger partial charge in [-0.25, -0.2) is 4.98 Å². The average Bonchev–Trinajstić information content (AvgIpc) is 3.11. The molecule has 0 radical (unpaired) electrons. The number of benzene rings is 3. The van der Waals surface area contributed by atoms with Gasteiger partial charge in [-0.2, -0.15) is 0 Å². The minimum Gasteiger partial charge on any atom is -0.312 e. The van der Waals surface area contributed by atoms with E-state index in [1.807, 2.05) is 72.8 Å². The van der Waals surface area contributed by atoms with Gasteiger partial charge in [-0.3, -0.25) is 4.79 Å². The average molecular weight is 391 g/mol. The van der Waals surface area contributed by atoms with Crippen molar-refractivity contribution < 1.29 is 4.79 Å². The van der Waals surface area contributed by atoms with Crippen molar-refractivity contribution in [3.05, 3.63) is 78.4 Å². The standard InChI is InChI=1S/C22H18N2OS2/c1-2-26-22-23-19(16-9-4-3-5-10-16)21(27-22)24-20(25)18-13-12-15-8-6-7-11-17(15)14-18/h3-14H,2H2,1H3,(H,24,25). The fraction of sp³-hybridized carbons (Fsp3) is 0.0909. The topological polar surface area (TPSA) is 42.0 Å². The van der Waals surface area contributed by atoms with Crippen LogP contribution in [0.3, 0.4) is 0 Å². The van der Waals surface area contributed by atoms with Crippen molar-refractivity contribution in [2.75, 3.05) is 11.1 Å². The van der Waals surface area contributed by atoms with Crippen LogP contribution in [0.2, 0.25) is 0 Å². The van der Waals surface area contributed by atoms with Gasteiger partial charge in [0.05, 0.1) is 0 Å². The van der Waals surface area contributed by atoms with E-state index in [4.69, 9.17) is 4.98 Å². The van der Waals surface area contributed by atoms with Gasteiger partial charge < -0.3 is 5.32 Å². The molecule has 134 valence electrons. The number of hydrogen-bond acceptors (Lipinski definition) is 4. The molecule has 0 unspecified atom stereocenters. The minimum atomic E-state index is -0.116. The zero-order valence-electron chi connectivity index (χ0n) is 14.8. The molecule has 0 spiro atoms. The van der Waals surface area contributed by atoms with E-state index < -0.39 is 0 Å². The zero-order chi connectivity index (χ0) is 18.6. The highest BCUT2D eigenvalue weighted by Crippen LogP contribution is 2.37. The number of nitrogens with one attached hydrogen (secondary N) is 1. The first-order valence-corrected chi connectivity index (χ1v) is 10.5. The molecule has 27 heavy (non-hydrogen) atoms. The van der Waals surface area contributed by atoms with Crippen molar-refractivity contribution in [3.8, 4) is 11.3 Å². The van der Waals surface area contributed by atoms with Gasteiger partial charge >= 0.3 is 0 Å². The monoisotopic (exact) mass is 390 g/mol. The number of carbonyl (C=O) groups excluding carboxylic acids is 1. The second-order valence-electron chi connectivity index (χ2n) is 5.97. The van der Waals surface area contributed by atoms with Crippen LogP contribution >= 0.6 is 23.1 Å². The van der Waals surface area contributed by atoms with Crippen molar-refractivity contribution in [1.29, 1.82) is 0 Å². The minimum absolute atomic E-state index is 0.116. The summed E-state index contributed by atoms with van der Waals surface area (Å²) in [5, 5.41) is 6.04. The van der Waals surface area contributed by atoms with E-state index in [0.717, 1.165) is 37.1 Å². The molecule has 3 nitrogen and oxygen atoms in total. The second-order valence-corrected chi connectivity index (χ2v) is 8.48. The summed E-state index contributed by atoms with van der Waals surface area (Å²) in [6.07, 6.45) is 0. The molecule has 5 heteroatoms. The number of thiazole rings is 1. The van der Waals surface area contributed by atoms with E-state index in [0.29, 0.717) is 5.56 Å². The molecule has 0 fully saturated rings. The molecule has 0 saturated carbocycles. The summed E-state index contributed by atoms with van der Waals surface area (Å²) in [4.78, 5) is 17.6. The summed E-state index contributed by atoms with van der Waals surface area (Å²) in [5.74, 6) is 0.828. The van der Waals surface area contributed by atoms with Crippen molar-refractivity contribution >= 4 is 44.8 Å². The van der Waals surface area contributed by atoms with Crippen LogP contribution < -0.4 is 5.32 Å². The molecule has 0 saturated heterocycles. The summed E-state index contributed by atoms with van der Waals surface area (Å²) < 4.78 is 0.963.